The normalized spacial score (nSPS) is 12.0. The van der Waals surface area contributed by atoms with Gasteiger partial charge in [0.15, 0.2) is 0 Å². The van der Waals surface area contributed by atoms with Gasteiger partial charge in [0, 0.05) is 25.9 Å². The van der Waals surface area contributed by atoms with Crippen LogP contribution in [-0.2, 0) is 16.6 Å². The van der Waals surface area contributed by atoms with E-state index >= 15 is 0 Å². The van der Waals surface area contributed by atoms with E-state index in [9.17, 15) is 14.4 Å². The number of amides is 2. The van der Waals surface area contributed by atoms with Gasteiger partial charge in [-0.25, -0.2) is 4.79 Å². The van der Waals surface area contributed by atoms with E-state index in [1.165, 1.54) is 10.9 Å². The van der Waals surface area contributed by atoms with Gasteiger partial charge in [0.2, 0.25) is 0 Å². The molecule has 1 aliphatic rings. The van der Waals surface area contributed by atoms with Crippen molar-refractivity contribution >= 4 is 23.7 Å². The second-order valence-electron chi connectivity index (χ2n) is 8.44. The number of carbonyl (C=O) groups is 3. The zero-order chi connectivity index (χ0) is 24.8. The first-order valence-electron chi connectivity index (χ1n) is 11.6. The molecule has 1 aliphatic carbocycles. The lowest BCUT2D eigenvalue weighted by atomic mass is 9.98. The summed E-state index contributed by atoms with van der Waals surface area (Å²) in [5.74, 6) is -1.27. The average Bonchev–Trinajstić information content (AvgIpc) is 3.37. The summed E-state index contributed by atoms with van der Waals surface area (Å²) in [7, 11) is 1.62. The predicted molar refractivity (Wildman–Crippen MR) is 130 cm³/mol. The minimum Gasteiger partial charge on any atom is -0.481 e. The van der Waals surface area contributed by atoms with E-state index in [4.69, 9.17) is 9.84 Å². The number of carboxylic acid groups (broad SMARTS) is 1. The molecule has 0 saturated carbocycles. The van der Waals surface area contributed by atoms with Crippen molar-refractivity contribution in [1.82, 2.24) is 15.1 Å². The summed E-state index contributed by atoms with van der Waals surface area (Å²) in [6, 6.07) is 16.2. The van der Waals surface area contributed by atoms with Crippen molar-refractivity contribution in [3.05, 3.63) is 71.5 Å². The Morgan fingerprint density at radius 1 is 1.00 bits per heavy atom. The number of carboxylic acids is 1. The Morgan fingerprint density at radius 2 is 1.66 bits per heavy atom. The van der Waals surface area contributed by atoms with Crippen molar-refractivity contribution in [3.8, 4) is 11.1 Å². The van der Waals surface area contributed by atoms with E-state index in [1.54, 1.807) is 7.05 Å². The summed E-state index contributed by atoms with van der Waals surface area (Å²) in [5, 5.41) is 18.2. The van der Waals surface area contributed by atoms with Crippen LogP contribution in [0.3, 0.4) is 0 Å². The number of unbranched alkanes of at least 4 members (excludes halogenated alkanes) is 2. The molecule has 4 rings (SSSR count). The third kappa shape index (κ3) is 5.51. The lowest BCUT2D eigenvalue weighted by molar-refractivity contribution is -0.137. The molecule has 1 aromatic heterocycles. The van der Waals surface area contributed by atoms with Crippen LogP contribution in [0.15, 0.2) is 54.7 Å². The maximum absolute atomic E-state index is 12.7. The highest BCUT2D eigenvalue weighted by Crippen LogP contribution is 2.44. The van der Waals surface area contributed by atoms with Crippen LogP contribution < -0.4 is 10.6 Å². The number of aromatic nitrogens is 2. The Kier molecular flexibility index (Phi) is 7.45. The van der Waals surface area contributed by atoms with Crippen molar-refractivity contribution in [2.24, 2.45) is 7.05 Å². The lowest BCUT2D eigenvalue weighted by Gasteiger charge is -2.14. The van der Waals surface area contributed by atoms with Crippen molar-refractivity contribution in [2.75, 3.05) is 18.5 Å². The molecule has 182 valence electrons. The van der Waals surface area contributed by atoms with Gasteiger partial charge in [0.05, 0.1) is 11.9 Å². The summed E-state index contributed by atoms with van der Waals surface area (Å²) in [6.07, 6.45) is 2.77. The first-order chi connectivity index (χ1) is 17.0. The second kappa shape index (κ2) is 10.9. The second-order valence-corrected chi connectivity index (χ2v) is 8.44. The molecule has 0 radical (unpaired) electrons. The third-order valence-electron chi connectivity index (χ3n) is 6.09. The van der Waals surface area contributed by atoms with E-state index < -0.39 is 12.1 Å². The quantitative estimate of drug-likeness (QED) is 0.378. The fourth-order valence-corrected chi connectivity index (χ4v) is 4.41. The van der Waals surface area contributed by atoms with Crippen LogP contribution in [-0.4, -0.2) is 46.0 Å². The number of benzene rings is 2. The lowest BCUT2D eigenvalue weighted by Crippen LogP contribution is -2.28. The topological polar surface area (TPSA) is 123 Å². The predicted octanol–water partition coefficient (Wildman–Crippen LogP) is 4.16. The van der Waals surface area contributed by atoms with Crippen LogP contribution in [0, 0.1) is 0 Å². The fourth-order valence-electron chi connectivity index (χ4n) is 4.41. The monoisotopic (exact) mass is 476 g/mol. The third-order valence-corrected chi connectivity index (χ3v) is 6.09. The van der Waals surface area contributed by atoms with Crippen LogP contribution in [0.4, 0.5) is 10.5 Å². The van der Waals surface area contributed by atoms with Crippen molar-refractivity contribution in [3.63, 3.8) is 0 Å². The molecular formula is C26H28N4O5. The number of carbonyl (C=O) groups excluding carboxylic acids is 2. The minimum absolute atomic E-state index is 0.0639. The Morgan fingerprint density at radius 3 is 2.31 bits per heavy atom. The molecule has 0 fully saturated rings. The molecule has 0 unspecified atom stereocenters. The summed E-state index contributed by atoms with van der Waals surface area (Å²) >= 11 is 0. The Balaban J connectivity index is 1.33. The van der Waals surface area contributed by atoms with E-state index in [-0.39, 0.29) is 36.2 Å². The van der Waals surface area contributed by atoms with Crippen LogP contribution in [0.25, 0.3) is 11.1 Å². The van der Waals surface area contributed by atoms with Crippen molar-refractivity contribution in [2.45, 2.75) is 31.6 Å². The van der Waals surface area contributed by atoms with E-state index in [0.29, 0.717) is 25.8 Å². The first-order valence-corrected chi connectivity index (χ1v) is 11.6. The highest BCUT2D eigenvalue weighted by molar-refractivity contribution is 6.01. The van der Waals surface area contributed by atoms with Gasteiger partial charge >= 0.3 is 12.1 Å². The van der Waals surface area contributed by atoms with Crippen LogP contribution in [0.5, 0.6) is 0 Å². The Bertz CT molecular complexity index is 1190. The molecule has 0 spiro atoms. The molecule has 3 aromatic rings. The molecule has 0 saturated heterocycles. The van der Waals surface area contributed by atoms with Crippen LogP contribution in [0.2, 0.25) is 0 Å². The molecule has 2 amide bonds. The minimum atomic E-state index is -0.826. The Hall–Kier alpha value is -4.14. The molecule has 35 heavy (non-hydrogen) atoms. The molecule has 0 aliphatic heterocycles. The SMILES string of the molecule is Cn1ncc(NC(=O)OCC2c3ccccc3-c3ccccc32)c1C(=O)NCCCCCC(=O)O. The summed E-state index contributed by atoms with van der Waals surface area (Å²) in [5.41, 5.74) is 4.99. The molecule has 9 nitrogen and oxygen atoms in total. The number of nitrogens with one attached hydrogen (secondary N) is 2. The molecule has 2 aromatic carbocycles. The number of anilines is 1. The van der Waals surface area contributed by atoms with Crippen LogP contribution >= 0.6 is 0 Å². The molecule has 3 N–H and O–H groups in total. The zero-order valence-electron chi connectivity index (χ0n) is 19.5. The number of aliphatic carboxylic acids is 1. The summed E-state index contributed by atoms with van der Waals surface area (Å²) < 4.78 is 6.95. The van der Waals surface area contributed by atoms with Crippen LogP contribution in [0.1, 0.15) is 53.2 Å². The number of hydrogen-bond donors (Lipinski definition) is 3. The molecular weight excluding hydrogens is 448 g/mol. The van der Waals surface area contributed by atoms with E-state index in [1.807, 2.05) is 36.4 Å². The van der Waals surface area contributed by atoms with Gasteiger partial charge in [0.25, 0.3) is 5.91 Å². The van der Waals surface area contributed by atoms with E-state index in [0.717, 1.165) is 22.3 Å². The zero-order valence-corrected chi connectivity index (χ0v) is 19.5. The molecule has 1 heterocycles. The maximum Gasteiger partial charge on any atom is 0.411 e. The number of fused-ring (bicyclic) bond motifs is 3. The standard InChI is InChI=1S/C26H28N4O5/c1-30-24(25(33)27-14-8-2-3-13-23(31)32)22(15-28-30)29-26(34)35-16-21-19-11-6-4-9-17(19)18-10-5-7-12-20(18)21/h4-7,9-12,15,21H,2-3,8,13-14,16H2,1H3,(H,27,33)(H,29,34)(H,31,32). The van der Waals surface area contributed by atoms with E-state index in [2.05, 4.69) is 27.9 Å². The highest BCUT2D eigenvalue weighted by atomic mass is 16.5. The fraction of sp³-hybridized carbons (Fsp3) is 0.308. The van der Waals surface area contributed by atoms with Crippen molar-refractivity contribution in [1.29, 1.82) is 0 Å². The summed E-state index contributed by atoms with van der Waals surface area (Å²) in [6.45, 7) is 0.562. The van der Waals surface area contributed by atoms with Gasteiger partial charge in [-0.3, -0.25) is 19.6 Å². The average molecular weight is 477 g/mol. The largest absolute Gasteiger partial charge is 0.481 e. The Labute approximate surface area is 203 Å². The highest BCUT2D eigenvalue weighted by Gasteiger charge is 2.29. The van der Waals surface area contributed by atoms with Gasteiger partial charge in [-0.2, -0.15) is 5.10 Å². The van der Waals surface area contributed by atoms with Gasteiger partial charge in [-0.05, 0) is 35.1 Å². The number of rotatable bonds is 10. The van der Waals surface area contributed by atoms with Gasteiger partial charge in [0.1, 0.15) is 12.3 Å². The number of aryl methyl sites for hydroxylation is 1. The molecule has 9 heteroatoms. The smallest absolute Gasteiger partial charge is 0.411 e. The molecule has 0 bridgehead atoms. The van der Waals surface area contributed by atoms with Crippen molar-refractivity contribution < 1.29 is 24.2 Å². The maximum atomic E-state index is 12.7. The van der Waals surface area contributed by atoms with Gasteiger partial charge < -0.3 is 15.2 Å². The van der Waals surface area contributed by atoms with Gasteiger partial charge in [-0.1, -0.05) is 55.0 Å². The first kappa shape index (κ1) is 24.0. The number of ether oxygens (including phenoxy) is 1. The number of nitrogens with zero attached hydrogens (tertiary/aromatic N) is 2. The summed E-state index contributed by atoms with van der Waals surface area (Å²) in [4.78, 5) is 35.8. The molecule has 0 atom stereocenters. The van der Waals surface area contributed by atoms with Gasteiger partial charge in [-0.15, -0.1) is 0 Å². The number of hydrogen-bond acceptors (Lipinski definition) is 5.